The standard InChI is InChI=1S/C20H24N2O3/c1-24-18-7-2-8-19(12-18)25-15-17-6-4-10-22(14-17)20(23)11-16-5-3-9-21-13-16/h2-3,5,7-9,12-13,17H,4,6,10-11,14-15H2,1H3. The lowest BCUT2D eigenvalue weighted by molar-refractivity contribution is -0.132. The molecule has 1 atom stereocenters. The van der Waals surface area contributed by atoms with Gasteiger partial charge in [0.1, 0.15) is 11.5 Å². The number of methoxy groups -OCH3 is 1. The Balaban J connectivity index is 1.51. The number of ether oxygens (including phenoxy) is 2. The Bertz CT molecular complexity index is 690. The molecule has 0 radical (unpaired) electrons. The molecule has 1 aromatic heterocycles. The van der Waals surface area contributed by atoms with Gasteiger partial charge in [-0.3, -0.25) is 9.78 Å². The molecule has 1 unspecified atom stereocenters. The normalized spacial score (nSPS) is 17.2. The molecule has 0 bridgehead atoms. The lowest BCUT2D eigenvalue weighted by atomic mass is 9.98. The molecule has 0 spiro atoms. The topological polar surface area (TPSA) is 51.7 Å². The largest absolute Gasteiger partial charge is 0.497 e. The van der Waals surface area contributed by atoms with Gasteiger partial charge in [0.15, 0.2) is 0 Å². The third-order valence-electron chi connectivity index (χ3n) is 4.48. The van der Waals surface area contributed by atoms with Crippen LogP contribution < -0.4 is 9.47 Å². The van der Waals surface area contributed by atoms with Crippen LogP contribution in [0.5, 0.6) is 11.5 Å². The molecule has 0 saturated carbocycles. The molecule has 0 aliphatic carbocycles. The van der Waals surface area contributed by atoms with Gasteiger partial charge < -0.3 is 14.4 Å². The zero-order valence-electron chi connectivity index (χ0n) is 14.6. The Kier molecular flexibility index (Phi) is 5.88. The maximum atomic E-state index is 12.5. The fourth-order valence-corrected chi connectivity index (χ4v) is 3.12. The van der Waals surface area contributed by atoms with Crippen molar-refractivity contribution in [3.63, 3.8) is 0 Å². The Morgan fingerprint density at radius 1 is 1.28 bits per heavy atom. The molecule has 2 heterocycles. The highest BCUT2D eigenvalue weighted by molar-refractivity contribution is 5.78. The Morgan fingerprint density at radius 3 is 2.96 bits per heavy atom. The molecule has 1 aliphatic rings. The minimum Gasteiger partial charge on any atom is -0.497 e. The maximum absolute atomic E-state index is 12.5. The van der Waals surface area contributed by atoms with E-state index in [1.54, 1.807) is 19.5 Å². The highest BCUT2D eigenvalue weighted by Crippen LogP contribution is 2.22. The Morgan fingerprint density at radius 2 is 2.16 bits per heavy atom. The van der Waals surface area contributed by atoms with Crippen molar-refractivity contribution in [3.8, 4) is 11.5 Å². The van der Waals surface area contributed by atoms with E-state index >= 15 is 0 Å². The van der Waals surface area contributed by atoms with E-state index in [0.29, 0.717) is 18.9 Å². The fraction of sp³-hybridized carbons (Fsp3) is 0.400. The van der Waals surface area contributed by atoms with Crippen LogP contribution in [0.1, 0.15) is 18.4 Å². The number of carbonyl (C=O) groups is 1. The summed E-state index contributed by atoms with van der Waals surface area (Å²) in [5, 5.41) is 0. The quantitative estimate of drug-likeness (QED) is 0.811. The van der Waals surface area contributed by atoms with Crippen molar-refractivity contribution in [2.24, 2.45) is 5.92 Å². The van der Waals surface area contributed by atoms with E-state index in [1.807, 2.05) is 41.3 Å². The van der Waals surface area contributed by atoms with Crippen LogP contribution in [0.15, 0.2) is 48.8 Å². The minimum atomic E-state index is 0.166. The van der Waals surface area contributed by atoms with E-state index in [1.165, 1.54) is 0 Å². The van der Waals surface area contributed by atoms with Gasteiger partial charge in [0, 0.05) is 37.5 Å². The monoisotopic (exact) mass is 340 g/mol. The van der Waals surface area contributed by atoms with Crippen molar-refractivity contribution in [2.75, 3.05) is 26.8 Å². The van der Waals surface area contributed by atoms with Crippen molar-refractivity contribution < 1.29 is 14.3 Å². The average molecular weight is 340 g/mol. The van der Waals surface area contributed by atoms with Crippen molar-refractivity contribution in [2.45, 2.75) is 19.3 Å². The molecule has 1 aliphatic heterocycles. The van der Waals surface area contributed by atoms with Crippen LogP contribution in [-0.4, -0.2) is 42.6 Å². The van der Waals surface area contributed by atoms with Gasteiger partial charge in [0.05, 0.1) is 20.1 Å². The summed E-state index contributed by atoms with van der Waals surface area (Å²) in [7, 11) is 1.64. The van der Waals surface area contributed by atoms with Crippen molar-refractivity contribution in [1.29, 1.82) is 0 Å². The summed E-state index contributed by atoms with van der Waals surface area (Å²) in [5.41, 5.74) is 0.960. The first-order valence-electron chi connectivity index (χ1n) is 8.68. The number of hydrogen-bond acceptors (Lipinski definition) is 4. The predicted molar refractivity (Wildman–Crippen MR) is 95.7 cm³/mol. The molecule has 0 N–H and O–H groups in total. The fourth-order valence-electron chi connectivity index (χ4n) is 3.12. The smallest absolute Gasteiger partial charge is 0.227 e. The van der Waals surface area contributed by atoms with E-state index in [0.717, 1.165) is 43.0 Å². The average Bonchev–Trinajstić information content (AvgIpc) is 2.67. The maximum Gasteiger partial charge on any atom is 0.227 e. The van der Waals surface area contributed by atoms with E-state index in [2.05, 4.69) is 4.98 Å². The molecule has 5 heteroatoms. The predicted octanol–water partition coefficient (Wildman–Crippen LogP) is 2.95. The second-order valence-electron chi connectivity index (χ2n) is 6.38. The zero-order valence-corrected chi connectivity index (χ0v) is 14.6. The van der Waals surface area contributed by atoms with Crippen LogP contribution in [0.4, 0.5) is 0 Å². The zero-order chi connectivity index (χ0) is 17.5. The van der Waals surface area contributed by atoms with Crippen LogP contribution >= 0.6 is 0 Å². The van der Waals surface area contributed by atoms with Crippen LogP contribution in [0.2, 0.25) is 0 Å². The lowest BCUT2D eigenvalue weighted by Crippen LogP contribution is -2.42. The second kappa shape index (κ2) is 8.51. The number of rotatable bonds is 6. The molecule has 1 saturated heterocycles. The third kappa shape index (κ3) is 4.95. The molecule has 5 nitrogen and oxygen atoms in total. The number of nitrogens with zero attached hydrogens (tertiary/aromatic N) is 2. The number of benzene rings is 1. The molecule has 1 fully saturated rings. The van der Waals surface area contributed by atoms with Gasteiger partial charge in [0.2, 0.25) is 5.91 Å². The number of hydrogen-bond donors (Lipinski definition) is 0. The molecule has 2 aromatic rings. The van der Waals surface area contributed by atoms with Gasteiger partial charge in [-0.05, 0) is 36.6 Å². The van der Waals surface area contributed by atoms with Gasteiger partial charge in [-0.2, -0.15) is 0 Å². The van der Waals surface area contributed by atoms with E-state index in [9.17, 15) is 4.79 Å². The molecule has 25 heavy (non-hydrogen) atoms. The number of likely N-dealkylation sites (tertiary alicyclic amines) is 1. The first-order chi connectivity index (χ1) is 12.2. The summed E-state index contributed by atoms with van der Waals surface area (Å²) < 4.78 is 11.1. The Labute approximate surface area is 148 Å². The molecular formula is C20H24N2O3. The molecule has 1 aromatic carbocycles. The molecule has 3 rings (SSSR count). The Hall–Kier alpha value is -2.56. The van der Waals surface area contributed by atoms with Crippen molar-refractivity contribution >= 4 is 5.91 Å². The molecule has 132 valence electrons. The van der Waals surface area contributed by atoms with Gasteiger partial charge in [-0.25, -0.2) is 0 Å². The van der Waals surface area contributed by atoms with E-state index < -0.39 is 0 Å². The number of carbonyl (C=O) groups excluding carboxylic acids is 1. The van der Waals surface area contributed by atoms with Crippen LogP contribution in [0, 0.1) is 5.92 Å². The van der Waals surface area contributed by atoms with Gasteiger partial charge in [-0.1, -0.05) is 12.1 Å². The van der Waals surface area contributed by atoms with Gasteiger partial charge in [0.25, 0.3) is 0 Å². The highest BCUT2D eigenvalue weighted by Gasteiger charge is 2.24. The summed E-state index contributed by atoms with van der Waals surface area (Å²) in [5.74, 6) is 2.12. The van der Waals surface area contributed by atoms with Crippen LogP contribution in [0.25, 0.3) is 0 Å². The van der Waals surface area contributed by atoms with E-state index in [-0.39, 0.29) is 5.91 Å². The van der Waals surface area contributed by atoms with Gasteiger partial charge >= 0.3 is 0 Å². The summed E-state index contributed by atoms with van der Waals surface area (Å²) in [6.07, 6.45) is 5.99. The molecule has 1 amide bonds. The van der Waals surface area contributed by atoms with Gasteiger partial charge in [-0.15, -0.1) is 0 Å². The van der Waals surface area contributed by atoms with Crippen molar-refractivity contribution in [1.82, 2.24) is 9.88 Å². The van der Waals surface area contributed by atoms with Crippen LogP contribution in [0.3, 0.4) is 0 Å². The van der Waals surface area contributed by atoms with Crippen LogP contribution in [-0.2, 0) is 11.2 Å². The number of aromatic nitrogens is 1. The first kappa shape index (κ1) is 17.3. The minimum absolute atomic E-state index is 0.166. The molecular weight excluding hydrogens is 316 g/mol. The summed E-state index contributed by atoms with van der Waals surface area (Å²) in [6.45, 7) is 2.20. The first-order valence-corrected chi connectivity index (χ1v) is 8.68. The van der Waals surface area contributed by atoms with E-state index in [4.69, 9.17) is 9.47 Å². The summed E-state index contributed by atoms with van der Waals surface area (Å²) >= 11 is 0. The number of piperidine rings is 1. The number of amides is 1. The number of pyridine rings is 1. The lowest BCUT2D eigenvalue weighted by Gasteiger charge is -2.32. The third-order valence-corrected chi connectivity index (χ3v) is 4.48. The van der Waals surface area contributed by atoms with Crippen molar-refractivity contribution in [3.05, 3.63) is 54.4 Å². The summed E-state index contributed by atoms with van der Waals surface area (Å²) in [4.78, 5) is 18.5. The second-order valence-corrected chi connectivity index (χ2v) is 6.38. The SMILES string of the molecule is COc1cccc(OCC2CCCN(C(=O)Cc3cccnc3)C2)c1. The summed E-state index contributed by atoms with van der Waals surface area (Å²) in [6, 6.07) is 11.4. The highest BCUT2D eigenvalue weighted by atomic mass is 16.5.